The molecule has 0 spiro atoms. The Kier molecular flexibility index (Phi) is 6.03. The lowest BCUT2D eigenvalue weighted by Crippen LogP contribution is -2.32. The molecule has 2 aromatic carbocycles. The van der Waals surface area contributed by atoms with Crippen LogP contribution in [-0.2, 0) is 4.79 Å². The molecule has 0 saturated heterocycles. The molecular formula is C20H21N3O3S. The minimum atomic E-state index is -0.620. The second kappa shape index (κ2) is 8.64. The van der Waals surface area contributed by atoms with E-state index >= 15 is 0 Å². The quantitative estimate of drug-likeness (QED) is 0.658. The van der Waals surface area contributed by atoms with Crippen molar-refractivity contribution in [3.63, 3.8) is 0 Å². The average Bonchev–Trinajstić information content (AvgIpc) is 3.15. The van der Waals surface area contributed by atoms with Crippen LogP contribution in [0.3, 0.4) is 0 Å². The van der Waals surface area contributed by atoms with E-state index in [1.807, 2.05) is 38.1 Å². The fourth-order valence-electron chi connectivity index (χ4n) is 2.41. The SMILES string of the molecule is CC[C@@H](Oc1ccc(OC)cc1)C(=O)Nc1nnc(-c2ccc(C)cc2)s1. The van der Waals surface area contributed by atoms with Crippen LogP contribution in [-0.4, -0.2) is 29.3 Å². The molecule has 1 amide bonds. The summed E-state index contributed by atoms with van der Waals surface area (Å²) in [7, 11) is 1.60. The van der Waals surface area contributed by atoms with E-state index in [0.717, 1.165) is 16.3 Å². The summed E-state index contributed by atoms with van der Waals surface area (Å²) in [5.41, 5.74) is 2.15. The van der Waals surface area contributed by atoms with Crippen LogP contribution in [0.4, 0.5) is 5.13 Å². The average molecular weight is 383 g/mol. The molecule has 27 heavy (non-hydrogen) atoms. The molecule has 140 valence electrons. The van der Waals surface area contributed by atoms with Gasteiger partial charge in [-0.25, -0.2) is 0 Å². The number of nitrogens with zero attached hydrogens (tertiary/aromatic N) is 2. The summed E-state index contributed by atoms with van der Waals surface area (Å²) in [5.74, 6) is 1.09. The zero-order chi connectivity index (χ0) is 19.2. The molecule has 7 heteroatoms. The lowest BCUT2D eigenvalue weighted by molar-refractivity contribution is -0.122. The van der Waals surface area contributed by atoms with Gasteiger partial charge in [0.15, 0.2) is 6.10 Å². The molecule has 1 N–H and O–H groups in total. The van der Waals surface area contributed by atoms with E-state index < -0.39 is 6.10 Å². The van der Waals surface area contributed by atoms with Gasteiger partial charge in [0.05, 0.1) is 7.11 Å². The van der Waals surface area contributed by atoms with Crippen molar-refractivity contribution in [3.8, 4) is 22.1 Å². The molecule has 0 aliphatic rings. The van der Waals surface area contributed by atoms with Gasteiger partial charge < -0.3 is 9.47 Å². The molecule has 0 fully saturated rings. The van der Waals surface area contributed by atoms with Crippen molar-refractivity contribution < 1.29 is 14.3 Å². The zero-order valence-electron chi connectivity index (χ0n) is 15.4. The van der Waals surface area contributed by atoms with E-state index in [4.69, 9.17) is 9.47 Å². The predicted octanol–water partition coefficient (Wildman–Crippen LogP) is 4.32. The van der Waals surface area contributed by atoms with Crippen LogP contribution in [0.15, 0.2) is 48.5 Å². The highest BCUT2D eigenvalue weighted by Crippen LogP contribution is 2.27. The van der Waals surface area contributed by atoms with Crippen molar-refractivity contribution in [2.45, 2.75) is 26.4 Å². The van der Waals surface area contributed by atoms with Gasteiger partial charge in [-0.05, 0) is 37.6 Å². The zero-order valence-corrected chi connectivity index (χ0v) is 16.2. The molecule has 1 atom stereocenters. The fraction of sp³-hybridized carbons (Fsp3) is 0.250. The Bertz CT molecular complexity index is 892. The number of aryl methyl sites for hydroxylation is 1. The van der Waals surface area contributed by atoms with Crippen LogP contribution in [0.2, 0.25) is 0 Å². The lowest BCUT2D eigenvalue weighted by atomic mass is 10.2. The fourth-order valence-corrected chi connectivity index (χ4v) is 3.17. The molecule has 0 saturated carbocycles. The third kappa shape index (κ3) is 4.83. The van der Waals surface area contributed by atoms with Crippen molar-refractivity contribution in [1.82, 2.24) is 10.2 Å². The smallest absolute Gasteiger partial charge is 0.267 e. The van der Waals surface area contributed by atoms with Crippen LogP contribution in [0.25, 0.3) is 10.6 Å². The maximum atomic E-state index is 12.5. The van der Waals surface area contributed by atoms with Crippen LogP contribution >= 0.6 is 11.3 Å². The van der Waals surface area contributed by atoms with Crippen molar-refractivity contribution in [2.24, 2.45) is 0 Å². The van der Waals surface area contributed by atoms with E-state index in [-0.39, 0.29) is 5.91 Å². The molecule has 0 radical (unpaired) electrons. The standard InChI is InChI=1S/C20H21N3O3S/c1-4-17(26-16-11-9-15(25-3)10-12-16)18(24)21-20-23-22-19(27-20)14-7-5-13(2)6-8-14/h5-12,17H,4H2,1-3H3,(H,21,23,24)/t17-/m1/s1. The van der Waals surface area contributed by atoms with Gasteiger partial charge in [-0.1, -0.05) is 48.1 Å². The Morgan fingerprint density at radius 3 is 2.37 bits per heavy atom. The van der Waals surface area contributed by atoms with Crippen molar-refractivity contribution in [2.75, 3.05) is 12.4 Å². The Hall–Kier alpha value is -2.93. The van der Waals surface area contributed by atoms with Gasteiger partial charge >= 0.3 is 0 Å². The first-order chi connectivity index (χ1) is 13.1. The lowest BCUT2D eigenvalue weighted by Gasteiger charge is -2.16. The maximum absolute atomic E-state index is 12.5. The number of hydrogen-bond acceptors (Lipinski definition) is 6. The second-order valence-corrected chi connectivity index (χ2v) is 6.94. The highest BCUT2D eigenvalue weighted by Gasteiger charge is 2.20. The first-order valence-electron chi connectivity index (χ1n) is 8.61. The summed E-state index contributed by atoms with van der Waals surface area (Å²) < 4.78 is 10.9. The number of aromatic nitrogens is 2. The molecule has 3 rings (SSSR count). The van der Waals surface area contributed by atoms with Gasteiger partial charge in [-0.2, -0.15) is 0 Å². The van der Waals surface area contributed by atoms with Gasteiger partial charge in [0.2, 0.25) is 5.13 Å². The normalized spacial score (nSPS) is 11.7. The van der Waals surface area contributed by atoms with Crippen LogP contribution in [0.5, 0.6) is 11.5 Å². The number of carbonyl (C=O) groups excluding carboxylic acids is 1. The van der Waals surface area contributed by atoms with Gasteiger partial charge in [0, 0.05) is 5.56 Å². The van der Waals surface area contributed by atoms with Crippen molar-refractivity contribution >= 4 is 22.4 Å². The second-order valence-electron chi connectivity index (χ2n) is 5.96. The number of methoxy groups -OCH3 is 1. The first-order valence-corrected chi connectivity index (χ1v) is 9.43. The minimum absolute atomic E-state index is 0.250. The number of carbonyl (C=O) groups is 1. The van der Waals surface area contributed by atoms with Crippen LogP contribution in [0, 0.1) is 6.92 Å². The third-order valence-electron chi connectivity index (χ3n) is 3.95. The number of benzene rings is 2. The molecule has 0 aliphatic carbocycles. The highest BCUT2D eigenvalue weighted by molar-refractivity contribution is 7.18. The summed E-state index contributed by atoms with van der Waals surface area (Å²) in [6, 6.07) is 15.1. The highest BCUT2D eigenvalue weighted by atomic mass is 32.1. The molecule has 3 aromatic rings. The number of rotatable bonds is 7. The molecule has 0 unspecified atom stereocenters. The van der Waals surface area contributed by atoms with E-state index in [0.29, 0.717) is 17.3 Å². The molecule has 0 bridgehead atoms. The molecule has 6 nitrogen and oxygen atoms in total. The van der Waals surface area contributed by atoms with E-state index in [1.165, 1.54) is 16.9 Å². The molecule has 1 aromatic heterocycles. The molecule has 1 heterocycles. The topological polar surface area (TPSA) is 73.3 Å². The summed E-state index contributed by atoms with van der Waals surface area (Å²) in [6.45, 7) is 3.93. The number of hydrogen-bond donors (Lipinski definition) is 1. The largest absolute Gasteiger partial charge is 0.497 e. The van der Waals surface area contributed by atoms with Gasteiger partial charge in [-0.15, -0.1) is 10.2 Å². The van der Waals surface area contributed by atoms with E-state index in [2.05, 4.69) is 15.5 Å². The van der Waals surface area contributed by atoms with Gasteiger partial charge in [0.25, 0.3) is 5.91 Å². The summed E-state index contributed by atoms with van der Waals surface area (Å²) in [6.07, 6.45) is -0.0910. The first kappa shape index (κ1) is 18.8. The van der Waals surface area contributed by atoms with E-state index in [1.54, 1.807) is 31.4 Å². The van der Waals surface area contributed by atoms with Crippen molar-refractivity contribution in [3.05, 3.63) is 54.1 Å². The molecule has 0 aliphatic heterocycles. The number of ether oxygens (including phenoxy) is 2. The van der Waals surface area contributed by atoms with Crippen molar-refractivity contribution in [1.29, 1.82) is 0 Å². The maximum Gasteiger partial charge on any atom is 0.267 e. The Morgan fingerprint density at radius 1 is 1.07 bits per heavy atom. The van der Waals surface area contributed by atoms with Gasteiger partial charge in [0.1, 0.15) is 16.5 Å². The van der Waals surface area contributed by atoms with Crippen LogP contribution < -0.4 is 14.8 Å². The Balaban J connectivity index is 1.65. The predicted molar refractivity (Wildman–Crippen MR) is 106 cm³/mol. The summed E-state index contributed by atoms with van der Waals surface area (Å²) >= 11 is 1.33. The van der Waals surface area contributed by atoms with Gasteiger partial charge in [-0.3, -0.25) is 10.1 Å². The number of anilines is 1. The Morgan fingerprint density at radius 2 is 1.74 bits per heavy atom. The third-order valence-corrected chi connectivity index (χ3v) is 4.84. The number of amides is 1. The number of nitrogens with one attached hydrogen (secondary N) is 1. The molecular weight excluding hydrogens is 362 g/mol. The summed E-state index contributed by atoms with van der Waals surface area (Å²) in [5, 5.41) is 12.2. The Labute approximate surface area is 162 Å². The minimum Gasteiger partial charge on any atom is -0.497 e. The van der Waals surface area contributed by atoms with E-state index in [9.17, 15) is 4.79 Å². The monoisotopic (exact) mass is 383 g/mol. The summed E-state index contributed by atoms with van der Waals surface area (Å²) in [4.78, 5) is 12.5. The van der Waals surface area contributed by atoms with Crippen LogP contribution in [0.1, 0.15) is 18.9 Å².